The minimum absolute atomic E-state index is 0.312. The number of hydrogen-bond acceptors (Lipinski definition) is 3. The van der Waals surface area contributed by atoms with Crippen LogP contribution in [0.2, 0.25) is 15.1 Å². The van der Waals surface area contributed by atoms with E-state index in [2.05, 4.69) is 10.1 Å². The van der Waals surface area contributed by atoms with E-state index in [1.54, 1.807) is 23.1 Å². The normalized spacial score (nSPS) is 12.3. The summed E-state index contributed by atoms with van der Waals surface area (Å²) in [4.78, 5) is 3.96. The van der Waals surface area contributed by atoms with Crippen molar-refractivity contribution in [3.8, 4) is 0 Å². The van der Waals surface area contributed by atoms with Crippen LogP contribution in [-0.4, -0.2) is 14.8 Å². The van der Waals surface area contributed by atoms with E-state index >= 15 is 0 Å². The fourth-order valence-corrected chi connectivity index (χ4v) is 3.03. The smallest absolute Gasteiger partial charge is 0.137 e. The fourth-order valence-electron chi connectivity index (χ4n) is 2.31. The molecule has 0 radical (unpaired) electrons. The summed E-state index contributed by atoms with van der Waals surface area (Å²) in [6.45, 7) is 0.837. The molecule has 0 saturated heterocycles. The van der Waals surface area contributed by atoms with E-state index in [1.165, 1.54) is 6.33 Å². The summed E-state index contributed by atoms with van der Waals surface area (Å²) in [7, 11) is 0. The minimum atomic E-state index is -0.312. The Morgan fingerprint density at radius 2 is 1.88 bits per heavy atom. The first kappa shape index (κ1) is 17.2. The summed E-state index contributed by atoms with van der Waals surface area (Å²) >= 11 is 18.5. The number of ether oxygens (including phenoxy) is 1. The Morgan fingerprint density at radius 1 is 1.04 bits per heavy atom. The van der Waals surface area contributed by atoms with Crippen molar-refractivity contribution in [2.24, 2.45) is 0 Å². The molecule has 4 nitrogen and oxygen atoms in total. The number of benzene rings is 2. The molecule has 0 aliphatic heterocycles. The van der Waals surface area contributed by atoms with Crippen molar-refractivity contribution in [2.75, 3.05) is 0 Å². The van der Waals surface area contributed by atoms with Gasteiger partial charge in [-0.25, -0.2) is 4.98 Å². The van der Waals surface area contributed by atoms with Gasteiger partial charge < -0.3 is 4.74 Å². The van der Waals surface area contributed by atoms with Crippen molar-refractivity contribution in [3.63, 3.8) is 0 Å². The lowest BCUT2D eigenvalue weighted by Gasteiger charge is -2.20. The fraction of sp³-hybridized carbons (Fsp3) is 0.176. The lowest BCUT2D eigenvalue weighted by atomic mass is 10.1. The molecule has 7 heteroatoms. The highest BCUT2D eigenvalue weighted by Gasteiger charge is 2.18. The maximum Gasteiger partial charge on any atom is 0.137 e. The summed E-state index contributed by atoms with van der Waals surface area (Å²) in [6.07, 6.45) is 2.80. The van der Waals surface area contributed by atoms with Crippen molar-refractivity contribution in [2.45, 2.75) is 19.3 Å². The van der Waals surface area contributed by atoms with Gasteiger partial charge in [-0.2, -0.15) is 5.10 Å². The zero-order chi connectivity index (χ0) is 16.9. The Kier molecular flexibility index (Phi) is 5.74. The van der Waals surface area contributed by atoms with Gasteiger partial charge >= 0.3 is 0 Å². The van der Waals surface area contributed by atoms with Gasteiger partial charge in [0.2, 0.25) is 0 Å². The van der Waals surface area contributed by atoms with E-state index in [9.17, 15) is 0 Å². The van der Waals surface area contributed by atoms with Crippen LogP contribution in [0.15, 0.2) is 55.1 Å². The van der Waals surface area contributed by atoms with E-state index in [4.69, 9.17) is 39.5 Å². The van der Waals surface area contributed by atoms with Crippen molar-refractivity contribution in [1.29, 1.82) is 0 Å². The third-order valence-electron chi connectivity index (χ3n) is 3.53. The maximum atomic E-state index is 6.34. The number of halogens is 3. The van der Waals surface area contributed by atoms with Gasteiger partial charge in [0, 0.05) is 20.6 Å². The van der Waals surface area contributed by atoms with Gasteiger partial charge in [-0.05, 0) is 23.8 Å². The van der Waals surface area contributed by atoms with Crippen molar-refractivity contribution < 1.29 is 4.74 Å². The van der Waals surface area contributed by atoms with E-state index in [0.717, 1.165) is 11.1 Å². The number of nitrogens with zero attached hydrogens (tertiary/aromatic N) is 3. The van der Waals surface area contributed by atoms with Gasteiger partial charge in [-0.1, -0.05) is 59.1 Å². The SMILES string of the molecule is Clc1ccc(C(Cn2cncn2)OCc2ccccc2Cl)c(Cl)c1. The summed E-state index contributed by atoms with van der Waals surface area (Å²) < 4.78 is 7.79. The Bertz CT molecular complexity index is 809. The van der Waals surface area contributed by atoms with E-state index in [0.29, 0.717) is 28.2 Å². The third-order valence-corrected chi connectivity index (χ3v) is 4.46. The van der Waals surface area contributed by atoms with Crippen molar-refractivity contribution in [3.05, 3.63) is 81.3 Å². The van der Waals surface area contributed by atoms with Crippen molar-refractivity contribution in [1.82, 2.24) is 14.8 Å². The van der Waals surface area contributed by atoms with Crippen molar-refractivity contribution >= 4 is 34.8 Å². The standard InChI is InChI=1S/C17H14Cl3N3O/c18-13-5-6-14(16(20)7-13)17(8-23-11-21-10-22-23)24-9-12-3-1-2-4-15(12)19/h1-7,10-11,17H,8-9H2. The van der Waals surface area contributed by atoms with Crippen LogP contribution in [0, 0.1) is 0 Å². The van der Waals surface area contributed by atoms with Crippen LogP contribution in [0.1, 0.15) is 17.2 Å². The van der Waals surface area contributed by atoms with E-state index in [1.807, 2.05) is 30.3 Å². The van der Waals surface area contributed by atoms with Crippen LogP contribution in [0.5, 0.6) is 0 Å². The third kappa shape index (κ3) is 4.28. The molecule has 1 heterocycles. The quantitative estimate of drug-likeness (QED) is 0.588. The molecule has 2 aromatic carbocycles. The highest BCUT2D eigenvalue weighted by molar-refractivity contribution is 6.35. The summed E-state index contributed by atoms with van der Waals surface area (Å²) in [5.74, 6) is 0. The Labute approximate surface area is 154 Å². The van der Waals surface area contributed by atoms with E-state index < -0.39 is 0 Å². The van der Waals surface area contributed by atoms with Crippen LogP contribution in [0.25, 0.3) is 0 Å². The number of aromatic nitrogens is 3. The summed E-state index contributed by atoms with van der Waals surface area (Å²) in [5.41, 5.74) is 1.75. The average Bonchev–Trinajstić information content (AvgIpc) is 3.06. The number of hydrogen-bond donors (Lipinski definition) is 0. The molecule has 0 bridgehead atoms. The monoisotopic (exact) mass is 381 g/mol. The Balaban J connectivity index is 1.83. The van der Waals surface area contributed by atoms with Crippen LogP contribution < -0.4 is 0 Å². The Hall–Kier alpha value is -1.59. The van der Waals surface area contributed by atoms with Gasteiger partial charge in [0.1, 0.15) is 18.8 Å². The molecule has 24 heavy (non-hydrogen) atoms. The molecule has 0 spiro atoms. The van der Waals surface area contributed by atoms with Crippen LogP contribution in [-0.2, 0) is 17.9 Å². The zero-order valence-electron chi connectivity index (χ0n) is 12.6. The molecular formula is C17H14Cl3N3O. The van der Waals surface area contributed by atoms with Gasteiger partial charge in [-0.15, -0.1) is 0 Å². The molecule has 3 rings (SSSR count). The first-order valence-corrected chi connectivity index (χ1v) is 8.39. The zero-order valence-corrected chi connectivity index (χ0v) is 14.8. The van der Waals surface area contributed by atoms with Gasteiger partial charge in [0.25, 0.3) is 0 Å². The highest BCUT2D eigenvalue weighted by atomic mass is 35.5. The molecule has 0 aliphatic rings. The Morgan fingerprint density at radius 3 is 2.58 bits per heavy atom. The molecule has 0 N–H and O–H groups in total. The second-order valence-corrected chi connectivity index (χ2v) is 6.43. The molecule has 0 fully saturated rings. The lowest BCUT2D eigenvalue weighted by Crippen LogP contribution is -2.14. The maximum absolute atomic E-state index is 6.34. The molecule has 3 aromatic rings. The van der Waals surface area contributed by atoms with Gasteiger partial charge in [0.15, 0.2) is 0 Å². The first-order chi connectivity index (χ1) is 11.6. The average molecular weight is 383 g/mol. The highest BCUT2D eigenvalue weighted by Crippen LogP contribution is 2.30. The van der Waals surface area contributed by atoms with Gasteiger partial charge in [-0.3, -0.25) is 4.68 Å². The summed E-state index contributed by atoms with van der Waals surface area (Å²) in [5, 5.41) is 5.92. The molecule has 124 valence electrons. The van der Waals surface area contributed by atoms with Crippen LogP contribution >= 0.6 is 34.8 Å². The first-order valence-electron chi connectivity index (χ1n) is 7.26. The molecule has 1 unspecified atom stereocenters. The molecule has 1 aromatic heterocycles. The van der Waals surface area contributed by atoms with Crippen LogP contribution in [0.4, 0.5) is 0 Å². The molecule has 0 aliphatic carbocycles. The topological polar surface area (TPSA) is 39.9 Å². The van der Waals surface area contributed by atoms with Gasteiger partial charge in [0.05, 0.1) is 13.2 Å². The van der Waals surface area contributed by atoms with Crippen LogP contribution in [0.3, 0.4) is 0 Å². The lowest BCUT2D eigenvalue weighted by molar-refractivity contribution is 0.0257. The largest absolute Gasteiger partial charge is 0.367 e. The summed E-state index contributed by atoms with van der Waals surface area (Å²) in [6, 6.07) is 12.9. The number of rotatable bonds is 6. The molecule has 1 atom stereocenters. The predicted octanol–water partition coefficient (Wildman–Crippen LogP) is 5.20. The molecular weight excluding hydrogens is 369 g/mol. The minimum Gasteiger partial charge on any atom is -0.367 e. The molecule has 0 amide bonds. The molecule has 0 saturated carbocycles. The predicted molar refractivity (Wildman–Crippen MR) is 95.5 cm³/mol. The van der Waals surface area contributed by atoms with E-state index in [-0.39, 0.29) is 6.10 Å². The second-order valence-electron chi connectivity index (χ2n) is 5.17. The second kappa shape index (κ2) is 7.99.